The second kappa shape index (κ2) is 10.6. The first-order chi connectivity index (χ1) is 13.7. The van der Waals surface area contributed by atoms with Crippen molar-refractivity contribution in [2.45, 2.75) is 65.0 Å². The minimum Gasteiger partial charge on any atom is -0.444 e. The quantitative estimate of drug-likeness (QED) is 0.488. The number of carbonyl (C=O) groups excluding carboxylic acids is 2. The molecule has 2 aliphatic rings. The number of nitrogens with zero attached hydrogens (tertiary/aromatic N) is 2. The maximum atomic E-state index is 11.6. The van der Waals surface area contributed by atoms with Gasteiger partial charge in [0.2, 0.25) is 0 Å². The monoisotopic (exact) mass is 432 g/mol. The van der Waals surface area contributed by atoms with Gasteiger partial charge in [-0.2, -0.15) is 0 Å². The van der Waals surface area contributed by atoms with Crippen molar-refractivity contribution in [1.82, 2.24) is 9.80 Å². The van der Waals surface area contributed by atoms with E-state index in [1.54, 1.807) is 0 Å². The Labute approximate surface area is 179 Å². The van der Waals surface area contributed by atoms with Gasteiger partial charge in [0.15, 0.2) is 0 Å². The first-order valence-electron chi connectivity index (χ1n) is 10.4. The first-order valence-corrected chi connectivity index (χ1v) is 10.4. The number of hydrogen-bond acceptors (Lipinski definition) is 8. The molecule has 2 heterocycles. The Hall–Kier alpha value is -1.62. The number of nitrogens with two attached hydrogens (primary N) is 2. The lowest BCUT2D eigenvalue weighted by molar-refractivity contribution is 0.0261. The number of amides is 2. The molecular weight excluding hydrogens is 392 g/mol. The molecule has 0 aliphatic carbocycles. The first kappa shape index (κ1) is 26.4. The molecule has 0 aromatic heterocycles. The molecule has 0 aromatic rings. The smallest absolute Gasteiger partial charge is 0.410 e. The van der Waals surface area contributed by atoms with Gasteiger partial charge in [-0.25, -0.2) is 9.59 Å². The summed E-state index contributed by atoms with van der Waals surface area (Å²) in [5.41, 5.74) is 9.96. The van der Waals surface area contributed by atoms with Crippen LogP contribution in [0.4, 0.5) is 9.59 Å². The Morgan fingerprint density at radius 1 is 0.767 bits per heavy atom. The van der Waals surface area contributed by atoms with E-state index < -0.39 is 23.4 Å². The molecular formula is C20H40N4O6. The molecule has 2 amide bonds. The highest BCUT2D eigenvalue weighted by molar-refractivity contribution is 5.69. The predicted octanol–water partition coefficient (Wildman–Crippen LogP) is 0.346. The van der Waals surface area contributed by atoms with E-state index in [9.17, 15) is 19.8 Å². The van der Waals surface area contributed by atoms with Crippen molar-refractivity contribution >= 4 is 12.2 Å². The summed E-state index contributed by atoms with van der Waals surface area (Å²) in [6.45, 7) is 13.3. The SMILES string of the molecule is CC(C)(C)OC(=O)N1C[C@@H](CN)[C@H](O)C1.CC(C)(C)OC(=O)N1C[C@H](CN)[C@@H](O)C1. The minimum absolute atomic E-state index is 0.0301. The number of likely N-dealkylation sites (tertiary alicyclic amines) is 2. The lowest BCUT2D eigenvalue weighted by Crippen LogP contribution is -2.36. The van der Waals surface area contributed by atoms with E-state index in [1.165, 1.54) is 9.80 Å². The Morgan fingerprint density at radius 2 is 1.07 bits per heavy atom. The minimum atomic E-state index is -0.525. The van der Waals surface area contributed by atoms with Crippen LogP contribution in [0, 0.1) is 11.8 Å². The van der Waals surface area contributed by atoms with Gasteiger partial charge in [0.05, 0.1) is 25.3 Å². The van der Waals surface area contributed by atoms with Gasteiger partial charge in [-0.15, -0.1) is 0 Å². The van der Waals surface area contributed by atoms with Crippen LogP contribution in [0.1, 0.15) is 41.5 Å². The van der Waals surface area contributed by atoms with E-state index >= 15 is 0 Å². The van der Waals surface area contributed by atoms with Crippen molar-refractivity contribution in [2.75, 3.05) is 39.3 Å². The molecule has 4 atom stereocenters. The van der Waals surface area contributed by atoms with E-state index in [-0.39, 0.29) is 24.0 Å². The van der Waals surface area contributed by atoms with Gasteiger partial charge in [-0.3, -0.25) is 0 Å². The fourth-order valence-electron chi connectivity index (χ4n) is 3.12. The highest BCUT2D eigenvalue weighted by atomic mass is 16.6. The van der Waals surface area contributed by atoms with Crippen LogP contribution in [-0.4, -0.2) is 94.9 Å². The van der Waals surface area contributed by atoms with Crippen LogP contribution >= 0.6 is 0 Å². The molecule has 2 saturated heterocycles. The zero-order valence-electron chi connectivity index (χ0n) is 19.1. The van der Waals surface area contributed by atoms with E-state index in [1.807, 2.05) is 41.5 Å². The van der Waals surface area contributed by atoms with Crippen LogP contribution in [0.15, 0.2) is 0 Å². The maximum absolute atomic E-state index is 11.6. The lowest BCUT2D eigenvalue weighted by atomic mass is 10.1. The summed E-state index contributed by atoms with van der Waals surface area (Å²) in [6.07, 6.45) is -1.81. The van der Waals surface area contributed by atoms with Crippen molar-refractivity contribution in [3.05, 3.63) is 0 Å². The number of ether oxygens (including phenoxy) is 2. The maximum Gasteiger partial charge on any atom is 0.410 e. The number of rotatable bonds is 2. The summed E-state index contributed by atoms with van der Waals surface area (Å²) in [5, 5.41) is 19.2. The van der Waals surface area contributed by atoms with Gasteiger partial charge in [-0.1, -0.05) is 0 Å². The molecule has 2 rings (SSSR count). The van der Waals surface area contributed by atoms with Gasteiger partial charge in [-0.05, 0) is 54.6 Å². The van der Waals surface area contributed by atoms with E-state index in [4.69, 9.17) is 20.9 Å². The number of hydrogen-bond donors (Lipinski definition) is 4. The van der Waals surface area contributed by atoms with Crippen LogP contribution in [-0.2, 0) is 9.47 Å². The molecule has 0 spiro atoms. The van der Waals surface area contributed by atoms with Gasteiger partial charge in [0.1, 0.15) is 11.2 Å². The molecule has 0 unspecified atom stereocenters. The predicted molar refractivity (Wildman–Crippen MR) is 113 cm³/mol. The summed E-state index contributed by atoms with van der Waals surface area (Å²) < 4.78 is 10.4. The van der Waals surface area contributed by atoms with Gasteiger partial charge >= 0.3 is 12.2 Å². The third-order valence-corrected chi connectivity index (χ3v) is 4.72. The second-order valence-electron chi connectivity index (χ2n) is 9.90. The lowest BCUT2D eigenvalue weighted by Gasteiger charge is -2.24. The number of carbonyl (C=O) groups is 2. The van der Waals surface area contributed by atoms with E-state index in [0.29, 0.717) is 39.3 Å². The highest BCUT2D eigenvalue weighted by Crippen LogP contribution is 2.20. The highest BCUT2D eigenvalue weighted by Gasteiger charge is 2.36. The molecule has 0 bridgehead atoms. The summed E-state index contributed by atoms with van der Waals surface area (Å²) >= 11 is 0. The topological polar surface area (TPSA) is 152 Å². The largest absolute Gasteiger partial charge is 0.444 e. The van der Waals surface area contributed by atoms with Crippen molar-refractivity contribution in [1.29, 1.82) is 0 Å². The summed E-state index contributed by atoms with van der Waals surface area (Å²) in [6, 6.07) is 0. The average molecular weight is 433 g/mol. The fourth-order valence-corrected chi connectivity index (χ4v) is 3.12. The third-order valence-electron chi connectivity index (χ3n) is 4.72. The molecule has 0 saturated carbocycles. The van der Waals surface area contributed by atoms with E-state index in [2.05, 4.69) is 0 Å². The Balaban J connectivity index is 0.000000300. The van der Waals surface area contributed by atoms with Crippen LogP contribution in [0.2, 0.25) is 0 Å². The second-order valence-corrected chi connectivity index (χ2v) is 9.90. The zero-order chi connectivity index (χ0) is 23.3. The average Bonchev–Trinajstić information content (AvgIpc) is 3.15. The molecule has 10 heteroatoms. The van der Waals surface area contributed by atoms with Gasteiger partial charge in [0, 0.05) is 24.9 Å². The Bertz CT molecular complexity index is 525. The molecule has 0 aromatic carbocycles. The summed E-state index contributed by atoms with van der Waals surface area (Å²) in [7, 11) is 0. The van der Waals surface area contributed by atoms with Crippen LogP contribution in [0.5, 0.6) is 0 Å². The van der Waals surface area contributed by atoms with Crippen molar-refractivity contribution in [3.63, 3.8) is 0 Å². The Kier molecular flexibility index (Phi) is 9.34. The van der Waals surface area contributed by atoms with Crippen LogP contribution < -0.4 is 11.5 Å². The van der Waals surface area contributed by atoms with Gasteiger partial charge < -0.3 is 41.0 Å². The molecule has 10 nitrogen and oxygen atoms in total. The third kappa shape index (κ3) is 8.63. The zero-order valence-corrected chi connectivity index (χ0v) is 19.1. The molecule has 176 valence electrons. The standard InChI is InChI=1S/2C10H20N2O3/c2*1-10(2,3)15-9(14)12-5-7(4-11)8(13)6-12/h2*7-8,13H,4-6,11H2,1-3H3/t2*7-,8-/m10/s1. The number of aliphatic hydroxyl groups excluding tert-OH is 2. The van der Waals surface area contributed by atoms with Gasteiger partial charge in [0.25, 0.3) is 0 Å². The molecule has 2 aliphatic heterocycles. The van der Waals surface area contributed by atoms with Crippen molar-refractivity contribution in [2.24, 2.45) is 23.3 Å². The van der Waals surface area contributed by atoms with Crippen molar-refractivity contribution in [3.8, 4) is 0 Å². The molecule has 30 heavy (non-hydrogen) atoms. The Morgan fingerprint density at radius 3 is 1.27 bits per heavy atom. The molecule has 0 radical (unpaired) electrons. The normalized spacial score (nSPS) is 26.9. The van der Waals surface area contributed by atoms with Crippen molar-refractivity contribution < 1.29 is 29.3 Å². The fraction of sp³-hybridized carbons (Fsp3) is 0.900. The van der Waals surface area contributed by atoms with E-state index in [0.717, 1.165) is 0 Å². The molecule has 6 N–H and O–H groups in total. The summed E-state index contributed by atoms with van der Waals surface area (Å²) in [5.74, 6) is -0.0602. The summed E-state index contributed by atoms with van der Waals surface area (Å²) in [4.78, 5) is 26.3. The van der Waals surface area contributed by atoms with Crippen LogP contribution in [0.3, 0.4) is 0 Å². The van der Waals surface area contributed by atoms with Crippen LogP contribution in [0.25, 0.3) is 0 Å². The number of aliphatic hydroxyl groups is 2. The molecule has 2 fully saturated rings. The number of β-amino-alcohol motifs (C(OH)–C–C–N with tert-alkyl or cyclic N) is 2.